The van der Waals surface area contributed by atoms with E-state index in [1.54, 1.807) is 0 Å². The molecule has 3 aromatic carbocycles. The molecule has 4 aromatic heterocycles. The summed E-state index contributed by atoms with van der Waals surface area (Å²) < 4.78 is 5.76. The van der Waals surface area contributed by atoms with E-state index in [0.29, 0.717) is 0 Å². The van der Waals surface area contributed by atoms with Gasteiger partial charge in [-0.3, -0.25) is 0 Å². The monoisotopic (exact) mass is 538 g/mol. The van der Waals surface area contributed by atoms with E-state index in [1.165, 1.54) is 93.2 Å². The molecule has 0 nitrogen and oxygen atoms in total. The molecular formula is C32H26S4. The third-order valence-corrected chi connectivity index (χ3v) is 12.6. The summed E-state index contributed by atoms with van der Waals surface area (Å²) in [6.07, 6.45) is 0. The molecule has 0 amide bonds. The highest BCUT2D eigenvalue weighted by Crippen LogP contribution is 2.46. The van der Waals surface area contributed by atoms with Crippen LogP contribution in [0.15, 0.2) is 48.5 Å². The van der Waals surface area contributed by atoms with Gasteiger partial charge in [0.1, 0.15) is 0 Å². The lowest BCUT2D eigenvalue weighted by molar-refractivity contribution is 1.44. The lowest BCUT2D eigenvalue weighted by Crippen LogP contribution is -1.80. The lowest BCUT2D eigenvalue weighted by atomic mass is 10.0. The Morgan fingerprint density at radius 2 is 0.694 bits per heavy atom. The van der Waals surface area contributed by atoms with Crippen LogP contribution in [0, 0.1) is 41.5 Å². The Bertz CT molecular complexity index is 1840. The zero-order chi connectivity index (χ0) is 24.9. The number of fused-ring (bicyclic) bond motifs is 6. The van der Waals surface area contributed by atoms with E-state index >= 15 is 0 Å². The van der Waals surface area contributed by atoms with Gasteiger partial charge in [-0.15, -0.1) is 45.3 Å². The van der Waals surface area contributed by atoms with Gasteiger partial charge in [-0.1, -0.05) is 24.3 Å². The maximum absolute atomic E-state index is 2.41. The summed E-state index contributed by atoms with van der Waals surface area (Å²) in [6, 6.07) is 18.8. The lowest BCUT2D eigenvalue weighted by Gasteiger charge is -2.04. The molecule has 0 unspecified atom stereocenters. The average molecular weight is 539 g/mol. The highest BCUT2D eigenvalue weighted by Gasteiger charge is 2.17. The summed E-state index contributed by atoms with van der Waals surface area (Å²) in [4.78, 5) is 5.49. The van der Waals surface area contributed by atoms with E-state index in [9.17, 15) is 0 Å². The van der Waals surface area contributed by atoms with Gasteiger partial charge in [0.25, 0.3) is 0 Å². The molecule has 0 spiro atoms. The van der Waals surface area contributed by atoms with E-state index in [1.807, 2.05) is 45.3 Å². The molecular weight excluding hydrogens is 513 g/mol. The van der Waals surface area contributed by atoms with Gasteiger partial charge in [-0.2, -0.15) is 0 Å². The van der Waals surface area contributed by atoms with Crippen LogP contribution in [-0.2, 0) is 0 Å². The van der Waals surface area contributed by atoms with Gasteiger partial charge in [0.15, 0.2) is 0 Å². The van der Waals surface area contributed by atoms with Crippen LogP contribution in [0.25, 0.3) is 61.2 Å². The minimum Gasteiger partial charge on any atom is -0.140 e. The molecule has 0 aliphatic carbocycles. The fraction of sp³-hybridized carbons (Fsp3) is 0.188. The van der Waals surface area contributed by atoms with Crippen molar-refractivity contribution in [3.8, 4) is 20.9 Å². The summed E-state index contributed by atoms with van der Waals surface area (Å²) in [5, 5.41) is 5.65. The van der Waals surface area contributed by atoms with Crippen molar-refractivity contribution in [1.29, 1.82) is 0 Å². The molecule has 178 valence electrons. The minimum absolute atomic E-state index is 1.31. The summed E-state index contributed by atoms with van der Waals surface area (Å²) >= 11 is 7.72. The van der Waals surface area contributed by atoms with Crippen molar-refractivity contribution < 1.29 is 0 Å². The largest absolute Gasteiger partial charge is 0.140 e. The maximum Gasteiger partial charge on any atom is 0.0388 e. The van der Waals surface area contributed by atoms with Crippen LogP contribution in [0.4, 0.5) is 0 Å². The fourth-order valence-corrected chi connectivity index (χ4v) is 10.1. The number of hydrogen-bond acceptors (Lipinski definition) is 4. The number of aryl methyl sites for hydroxylation is 6. The number of thiophene rings is 4. The Morgan fingerprint density at radius 3 is 1.06 bits per heavy atom. The van der Waals surface area contributed by atoms with Gasteiger partial charge in [0.2, 0.25) is 0 Å². The van der Waals surface area contributed by atoms with Gasteiger partial charge in [0, 0.05) is 59.9 Å². The van der Waals surface area contributed by atoms with E-state index < -0.39 is 0 Å². The van der Waals surface area contributed by atoms with Gasteiger partial charge in [0.05, 0.1) is 0 Å². The summed E-state index contributed by atoms with van der Waals surface area (Å²) in [7, 11) is 0. The van der Waals surface area contributed by atoms with Crippen LogP contribution in [0.1, 0.15) is 32.0 Å². The quantitative estimate of drug-likeness (QED) is 0.205. The van der Waals surface area contributed by atoms with Crippen molar-refractivity contribution >= 4 is 85.7 Å². The van der Waals surface area contributed by atoms with Crippen LogP contribution in [-0.4, -0.2) is 0 Å². The van der Waals surface area contributed by atoms with Crippen LogP contribution in [0.2, 0.25) is 0 Å². The normalized spacial score (nSPS) is 12.2. The van der Waals surface area contributed by atoms with Crippen molar-refractivity contribution in [3.05, 3.63) is 80.5 Å². The molecule has 0 saturated carbocycles. The molecule has 7 rings (SSSR count). The van der Waals surface area contributed by atoms with Gasteiger partial charge in [-0.05, 0) is 99.2 Å². The second-order valence-corrected chi connectivity index (χ2v) is 14.6. The molecule has 0 saturated heterocycles. The maximum atomic E-state index is 2.41. The van der Waals surface area contributed by atoms with Crippen LogP contribution >= 0.6 is 45.3 Å². The summed E-state index contributed by atoms with van der Waals surface area (Å²) in [6.45, 7) is 13.6. The predicted molar refractivity (Wildman–Crippen MR) is 167 cm³/mol. The molecule has 0 atom stereocenters. The Balaban J connectivity index is 1.34. The number of hydrogen-bond donors (Lipinski definition) is 0. The third-order valence-electron chi connectivity index (χ3n) is 7.70. The molecule has 0 bridgehead atoms. The second-order valence-electron chi connectivity index (χ2n) is 9.98. The first-order valence-electron chi connectivity index (χ1n) is 12.3. The Morgan fingerprint density at radius 1 is 0.389 bits per heavy atom. The summed E-state index contributed by atoms with van der Waals surface area (Å²) in [5.41, 5.74) is 8.34. The molecule has 0 aliphatic heterocycles. The van der Waals surface area contributed by atoms with Gasteiger partial charge >= 0.3 is 0 Å². The van der Waals surface area contributed by atoms with Crippen molar-refractivity contribution in [2.24, 2.45) is 0 Å². The third kappa shape index (κ3) is 3.21. The topological polar surface area (TPSA) is 0 Å². The molecule has 4 heteroatoms. The molecule has 0 fully saturated rings. The van der Waals surface area contributed by atoms with Crippen molar-refractivity contribution in [2.45, 2.75) is 41.5 Å². The van der Waals surface area contributed by atoms with Crippen molar-refractivity contribution in [2.75, 3.05) is 0 Å². The van der Waals surface area contributed by atoms with Gasteiger partial charge in [-0.25, -0.2) is 0 Å². The predicted octanol–water partition coefficient (Wildman–Crippen LogP) is 11.7. The highest BCUT2D eigenvalue weighted by molar-refractivity contribution is 7.24. The first-order valence-corrected chi connectivity index (χ1v) is 15.5. The second kappa shape index (κ2) is 8.00. The standard InChI is InChI=1S/C32H26S4/c1-15-11-23-25-13-27(35-31(25)19(5)17(3)29(23)33-15)21-7-9-22(10-8-21)28-14-26-24-12-16(2)34-30(24)18(4)20(6)32(26)36-28/h7-14H,1-6H3. The van der Waals surface area contributed by atoms with Crippen LogP contribution in [0.5, 0.6) is 0 Å². The Labute approximate surface area is 227 Å². The SMILES string of the molecule is Cc1cc2c(s1)c(C)c(C)c1sc(-c3ccc(-c4cc5c(s4)c(C)c(C)c4sc(C)cc45)cc3)cc12. The van der Waals surface area contributed by atoms with Crippen LogP contribution in [0.3, 0.4) is 0 Å². The zero-order valence-corrected chi connectivity index (χ0v) is 24.5. The molecule has 4 heterocycles. The van der Waals surface area contributed by atoms with Crippen LogP contribution < -0.4 is 0 Å². The van der Waals surface area contributed by atoms with Crippen molar-refractivity contribution in [3.63, 3.8) is 0 Å². The van der Waals surface area contributed by atoms with Crippen molar-refractivity contribution in [1.82, 2.24) is 0 Å². The van der Waals surface area contributed by atoms with E-state index in [2.05, 4.69) is 90.1 Å². The minimum atomic E-state index is 1.31. The molecule has 7 aromatic rings. The van der Waals surface area contributed by atoms with E-state index in [-0.39, 0.29) is 0 Å². The van der Waals surface area contributed by atoms with E-state index in [4.69, 9.17) is 0 Å². The number of benzene rings is 3. The highest BCUT2D eigenvalue weighted by atomic mass is 32.1. The Kier molecular flexibility index (Phi) is 5.04. The molecule has 36 heavy (non-hydrogen) atoms. The summed E-state index contributed by atoms with van der Waals surface area (Å²) in [5.74, 6) is 0. The van der Waals surface area contributed by atoms with E-state index in [0.717, 1.165) is 0 Å². The molecule has 0 radical (unpaired) electrons. The molecule has 0 aliphatic rings. The first-order chi connectivity index (χ1) is 17.3. The first kappa shape index (κ1) is 22.7. The average Bonchev–Trinajstić information content (AvgIpc) is 3.64. The number of rotatable bonds is 2. The molecule has 0 N–H and O–H groups in total. The zero-order valence-electron chi connectivity index (χ0n) is 21.3. The fourth-order valence-electron chi connectivity index (χ4n) is 5.49. The Hall–Kier alpha value is -2.50. The van der Waals surface area contributed by atoms with Gasteiger partial charge < -0.3 is 0 Å². The smallest absolute Gasteiger partial charge is 0.0388 e.